The zero-order valence-corrected chi connectivity index (χ0v) is 15.5. The first-order valence-corrected chi connectivity index (χ1v) is 10.6. The minimum atomic E-state index is -3.55. The van der Waals surface area contributed by atoms with Crippen molar-refractivity contribution < 1.29 is 17.5 Å². The molecular formula is C17H22ClFN2O3S. The van der Waals surface area contributed by atoms with E-state index in [4.69, 9.17) is 16.3 Å². The van der Waals surface area contributed by atoms with Crippen LogP contribution < -0.4 is 5.32 Å². The number of sulfonamides is 1. The highest BCUT2D eigenvalue weighted by Crippen LogP contribution is 2.50. The normalized spacial score (nSPS) is 29.2. The van der Waals surface area contributed by atoms with E-state index in [-0.39, 0.29) is 28.2 Å². The summed E-state index contributed by atoms with van der Waals surface area (Å²) in [4.78, 5) is 0. The van der Waals surface area contributed by atoms with Crippen LogP contribution in [0.5, 0.6) is 0 Å². The standard InChI is InChI=1S/C17H22ClFN2O3S/c18-14-2-1-12(7-15(14)19)10-25(22,23)21-11-17(3-5-20-6-4-17)13-8-24-9-16(13)21/h1-2,7,13,16,20H,3-6,8-11H2/t13-,16+/m0/s1. The van der Waals surface area contributed by atoms with E-state index in [0.717, 1.165) is 25.9 Å². The number of piperidine rings is 1. The summed E-state index contributed by atoms with van der Waals surface area (Å²) in [5.41, 5.74) is 0.425. The van der Waals surface area contributed by atoms with Crippen molar-refractivity contribution in [3.8, 4) is 0 Å². The Labute approximate surface area is 152 Å². The predicted octanol–water partition coefficient (Wildman–Crippen LogP) is 2.01. The lowest BCUT2D eigenvalue weighted by Crippen LogP contribution is -2.43. The summed E-state index contributed by atoms with van der Waals surface area (Å²) in [6.45, 7) is 3.46. The fourth-order valence-electron chi connectivity index (χ4n) is 4.64. The Bertz CT molecular complexity index is 767. The average Bonchev–Trinajstić information content (AvgIpc) is 3.16. The molecule has 3 saturated heterocycles. The maximum Gasteiger partial charge on any atom is 0.218 e. The van der Waals surface area contributed by atoms with Gasteiger partial charge in [-0.2, -0.15) is 4.31 Å². The molecule has 3 aliphatic heterocycles. The topological polar surface area (TPSA) is 58.6 Å². The third kappa shape index (κ3) is 3.10. The fourth-order valence-corrected chi connectivity index (χ4v) is 6.60. The van der Waals surface area contributed by atoms with Gasteiger partial charge in [-0.3, -0.25) is 0 Å². The van der Waals surface area contributed by atoms with Gasteiger partial charge >= 0.3 is 0 Å². The Kier molecular flexibility index (Phi) is 4.57. The molecule has 0 aliphatic carbocycles. The van der Waals surface area contributed by atoms with Gasteiger partial charge < -0.3 is 10.1 Å². The van der Waals surface area contributed by atoms with Gasteiger partial charge in [0, 0.05) is 12.5 Å². The first kappa shape index (κ1) is 17.7. The minimum Gasteiger partial charge on any atom is -0.379 e. The number of nitrogens with one attached hydrogen (secondary N) is 1. The molecule has 0 radical (unpaired) electrons. The first-order chi connectivity index (χ1) is 11.9. The van der Waals surface area contributed by atoms with Crippen molar-refractivity contribution in [3.63, 3.8) is 0 Å². The quantitative estimate of drug-likeness (QED) is 0.860. The molecule has 1 spiro atoms. The Balaban J connectivity index is 1.60. The highest BCUT2D eigenvalue weighted by molar-refractivity contribution is 7.88. The Morgan fingerprint density at radius 3 is 2.80 bits per heavy atom. The zero-order valence-electron chi connectivity index (χ0n) is 13.9. The Morgan fingerprint density at radius 2 is 2.08 bits per heavy atom. The minimum absolute atomic E-state index is 0.000218. The zero-order chi connectivity index (χ0) is 17.7. The Hall–Kier alpha value is -0.730. The molecule has 8 heteroatoms. The van der Waals surface area contributed by atoms with Gasteiger partial charge in [-0.25, -0.2) is 12.8 Å². The molecule has 4 rings (SSSR count). The van der Waals surface area contributed by atoms with E-state index in [1.165, 1.54) is 12.1 Å². The van der Waals surface area contributed by atoms with Gasteiger partial charge in [-0.1, -0.05) is 17.7 Å². The van der Waals surface area contributed by atoms with E-state index in [0.29, 0.717) is 25.3 Å². The predicted molar refractivity (Wildman–Crippen MR) is 93.4 cm³/mol. The summed E-state index contributed by atoms with van der Waals surface area (Å²) >= 11 is 5.69. The van der Waals surface area contributed by atoms with E-state index in [9.17, 15) is 12.8 Å². The molecule has 0 aromatic heterocycles. The molecule has 0 bridgehead atoms. The molecular weight excluding hydrogens is 367 g/mol. The number of ether oxygens (including phenoxy) is 1. The fraction of sp³-hybridized carbons (Fsp3) is 0.647. The molecule has 1 N–H and O–H groups in total. The molecule has 3 aliphatic rings. The van der Waals surface area contributed by atoms with Crippen molar-refractivity contribution in [1.82, 2.24) is 9.62 Å². The summed E-state index contributed by atoms with van der Waals surface area (Å²) in [7, 11) is -3.55. The summed E-state index contributed by atoms with van der Waals surface area (Å²) in [5, 5.41) is 3.36. The van der Waals surface area contributed by atoms with Gasteiger partial charge in [-0.15, -0.1) is 0 Å². The number of fused-ring (bicyclic) bond motifs is 2. The van der Waals surface area contributed by atoms with E-state index in [1.807, 2.05) is 0 Å². The van der Waals surface area contributed by atoms with Crippen LogP contribution in [0.15, 0.2) is 18.2 Å². The second-order valence-corrected chi connectivity index (χ2v) is 9.70. The van der Waals surface area contributed by atoms with Gasteiger partial charge in [0.05, 0.1) is 30.0 Å². The van der Waals surface area contributed by atoms with Crippen molar-refractivity contribution in [3.05, 3.63) is 34.6 Å². The first-order valence-electron chi connectivity index (χ1n) is 8.63. The molecule has 1 aromatic carbocycles. The molecule has 138 valence electrons. The van der Waals surface area contributed by atoms with Crippen LogP contribution in [0, 0.1) is 17.2 Å². The number of hydrogen-bond donors (Lipinski definition) is 1. The third-order valence-electron chi connectivity index (χ3n) is 5.97. The van der Waals surface area contributed by atoms with Crippen LogP contribution in [-0.2, 0) is 20.5 Å². The van der Waals surface area contributed by atoms with Crippen molar-refractivity contribution in [1.29, 1.82) is 0 Å². The maximum atomic E-state index is 13.7. The number of hydrogen-bond acceptors (Lipinski definition) is 4. The smallest absolute Gasteiger partial charge is 0.218 e. The lowest BCUT2D eigenvalue weighted by atomic mass is 9.70. The van der Waals surface area contributed by atoms with Gasteiger partial charge in [0.25, 0.3) is 0 Å². The third-order valence-corrected chi connectivity index (χ3v) is 8.09. The van der Waals surface area contributed by atoms with Crippen LogP contribution in [0.2, 0.25) is 5.02 Å². The SMILES string of the molecule is O=S(=O)(Cc1ccc(Cl)c(F)c1)N1CC2(CCNCC2)[C@H]2COC[C@H]21. The molecule has 3 fully saturated rings. The van der Waals surface area contributed by atoms with Crippen LogP contribution in [-0.4, -0.2) is 51.6 Å². The van der Waals surface area contributed by atoms with Crippen molar-refractivity contribution >= 4 is 21.6 Å². The van der Waals surface area contributed by atoms with E-state index in [1.54, 1.807) is 10.4 Å². The molecule has 25 heavy (non-hydrogen) atoms. The maximum absolute atomic E-state index is 13.7. The second kappa shape index (κ2) is 6.46. The molecule has 0 amide bonds. The van der Waals surface area contributed by atoms with Crippen LogP contribution in [0.1, 0.15) is 18.4 Å². The van der Waals surface area contributed by atoms with Crippen LogP contribution >= 0.6 is 11.6 Å². The van der Waals surface area contributed by atoms with Crippen molar-refractivity contribution in [2.75, 3.05) is 32.8 Å². The summed E-state index contributed by atoms with van der Waals surface area (Å²) in [6, 6.07) is 4.09. The molecule has 3 heterocycles. The molecule has 0 saturated carbocycles. The number of benzene rings is 1. The molecule has 5 nitrogen and oxygen atoms in total. The summed E-state index contributed by atoms with van der Waals surface area (Å²) in [6.07, 6.45) is 1.94. The molecule has 2 atom stereocenters. The summed E-state index contributed by atoms with van der Waals surface area (Å²) in [5.74, 6) is -0.544. The molecule has 0 unspecified atom stereocenters. The summed E-state index contributed by atoms with van der Waals surface area (Å²) < 4.78 is 47.1. The van der Waals surface area contributed by atoms with Crippen LogP contribution in [0.4, 0.5) is 4.39 Å². The van der Waals surface area contributed by atoms with Gasteiger partial charge in [0.15, 0.2) is 0 Å². The van der Waals surface area contributed by atoms with Crippen molar-refractivity contribution in [2.45, 2.75) is 24.6 Å². The molecule has 1 aromatic rings. The van der Waals surface area contributed by atoms with E-state index < -0.39 is 15.8 Å². The monoisotopic (exact) mass is 388 g/mol. The highest BCUT2D eigenvalue weighted by atomic mass is 35.5. The van der Waals surface area contributed by atoms with E-state index in [2.05, 4.69) is 5.32 Å². The van der Waals surface area contributed by atoms with Crippen LogP contribution in [0.25, 0.3) is 0 Å². The highest BCUT2D eigenvalue weighted by Gasteiger charge is 2.57. The average molecular weight is 389 g/mol. The number of nitrogens with zero attached hydrogens (tertiary/aromatic N) is 1. The second-order valence-electron chi connectivity index (χ2n) is 7.37. The largest absolute Gasteiger partial charge is 0.379 e. The van der Waals surface area contributed by atoms with Gasteiger partial charge in [-0.05, 0) is 49.0 Å². The van der Waals surface area contributed by atoms with Gasteiger partial charge in [0.1, 0.15) is 5.82 Å². The van der Waals surface area contributed by atoms with E-state index >= 15 is 0 Å². The number of halogens is 2. The lowest BCUT2D eigenvalue weighted by Gasteiger charge is -2.37. The lowest BCUT2D eigenvalue weighted by molar-refractivity contribution is 0.0979. The number of rotatable bonds is 3. The van der Waals surface area contributed by atoms with Gasteiger partial charge in [0.2, 0.25) is 10.0 Å². The Morgan fingerprint density at radius 1 is 1.32 bits per heavy atom. The van der Waals surface area contributed by atoms with Crippen molar-refractivity contribution in [2.24, 2.45) is 11.3 Å². The van der Waals surface area contributed by atoms with Crippen LogP contribution in [0.3, 0.4) is 0 Å².